The maximum atomic E-state index is 12.0. The summed E-state index contributed by atoms with van der Waals surface area (Å²) in [6.45, 7) is 5.44. The van der Waals surface area contributed by atoms with Crippen LogP contribution in [0.15, 0.2) is 54.6 Å². The first kappa shape index (κ1) is 21.4. The van der Waals surface area contributed by atoms with Crippen molar-refractivity contribution < 1.29 is 14.3 Å². The van der Waals surface area contributed by atoms with Gasteiger partial charge in [-0.15, -0.1) is 0 Å². The number of benzene rings is 2. The first-order chi connectivity index (χ1) is 13.5. The van der Waals surface area contributed by atoms with E-state index in [1.54, 1.807) is 19.3 Å². The van der Waals surface area contributed by atoms with E-state index in [2.05, 4.69) is 29.4 Å². The van der Waals surface area contributed by atoms with Crippen LogP contribution in [0.5, 0.6) is 11.5 Å². The number of rotatable bonds is 10. The third kappa shape index (κ3) is 6.99. The van der Waals surface area contributed by atoms with E-state index in [0.29, 0.717) is 18.0 Å². The molecule has 0 saturated heterocycles. The topological polar surface area (TPSA) is 50.8 Å². The smallest absolute Gasteiger partial charge is 0.244 e. The Morgan fingerprint density at radius 2 is 1.89 bits per heavy atom. The summed E-state index contributed by atoms with van der Waals surface area (Å²) < 4.78 is 11.1. The first-order valence-electron chi connectivity index (χ1n) is 9.56. The van der Waals surface area contributed by atoms with Gasteiger partial charge in [-0.05, 0) is 56.2 Å². The molecule has 0 aliphatic rings. The number of ether oxygens (including phenoxy) is 2. The van der Waals surface area contributed by atoms with Crippen LogP contribution < -0.4 is 19.7 Å². The van der Waals surface area contributed by atoms with Gasteiger partial charge in [0.05, 0.1) is 13.2 Å². The molecule has 2 aromatic rings. The van der Waals surface area contributed by atoms with Crippen molar-refractivity contribution in [1.82, 2.24) is 5.32 Å². The Morgan fingerprint density at radius 1 is 1.14 bits per heavy atom. The van der Waals surface area contributed by atoms with Gasteiger partial charge in [-0.25, -0.2) is 0 Å². The molecule has 0 spiro atoms. The molecule has 2 aromatic carbocycles. The molecule has 5 heteroatoms. The van der Waals surface area contributed by atoms with Crippen molar-refractivity contribution in [3.63, 3.8) is 0 Å². The van der Waals surface area contributed by atoms with Gasteiger partial charge in [0, 0.05) is 31.9 Å². The minimum atomic E-state index is -0.108. The molecule has 0 heterocycles. The summed E-state index contributed by atoms with van der Waals surface area (Å²) >= 11 is 0. The normalized spacial score (nSPS) is 10.9. The lowest BCUT2D eigenvalue weighted by molar-refractivity contribution is -0.116. The lowest BCUT2D eigenvalue weighted by Gasteiger charge is -2.19. The van der Waals surface area contributed by atoms with E-state index in [0.717, 1.165) is 18.5 Å². The van der Waals surface area contributed by atoms with Crippen LogP contribution >= 0.6 is 0 Å². The van der Waals surface area contributed by atoms with E-state index in [1.165, 1.54) is 5.69 Å². The second-order valence-corrected chi connectivity index (χ2v) is 6.81. The van der Waals surface area contributed by atoms with Gasteiger partial charge in [-0.2, -0.15) is 0 Å². The zero-order valence-corrected chi connectivity index (χ0v) is 17.1. The molecule has 0 aliphatic heterocycles. The fourth-order valence-electron chi connectivity index (χ4n) is 2.71. The maximum Gasteiger partial charge on any atom is 0.244 e. The molecular weight excluding hydrogens is 352 g/mol. The highest BCUT2D eigenvalue weighted by molar-refractivity contribution is 5.91. The number of anilines is 1. The van der Waals surface area contributed by atoms with E-state index in [4.69, 9.17) is 9.47 Å². The molecule has 0 aromatic heterocycles. The zero-order chi connectivity index (χ0) is 20.4. The average molecular weight is 383 g/mol. The Bertz CT molecular complexity index is 773. The van der Waals surface area contributed by atoms with Crippen molar-refractivity contribution in [3.05, 3.63) is 60.2 Å². The van der Waals surface area contributed by atoms with Crippen molar-refractivity contribution in [2.45, 2.75) is 26.4 Å². The number of carbonyl (C=O) groups excluding carboxylic acids is 1. The molecule has 0 unspecified atom stereocenters. The van der Waals surface area contributed by atoms with Crippen molar-refractivity contribution in [3.8, 4) is 11.5 Å². The Hall–Kier alpha value is -2.95. The van der Waals surface area contributed by atoms with E-state index in [-0.39, 0.29) is 12.0 Å². The molecule has 5 nitrogen and oxygen atoms in total. The summed E-state index contributed by atoms with van der Waals surface area (Å²) in [4.78, 5) is 14.2. The Morgan fingerprint density at radius 3 is 2.57 bits per heavy atom. The summed E-state index contributed by atoms with van der Waals surface area (Å²) in [5, 5.41) is 2.92. The van der Waals surface area contributed by atoms with E-state index >= 15 is 0 Å². The van der Waals surface area contributed by atoms with Gasteiger partial charge in [0.1, 0.15) is 0 Å². The highest BCUT2D eigenvalue weighted by Gasteiger charge is 2.07. The number of methoxy groups -OCH3 is 1. The quantitative estimate of drug-likeness (QED) is 0.496. The summed E-state index contributed by atoms with van der Waals surface area (Å²) in [6.07, 6.45) is 4.26. The number of nitrogens with one attached hydrogen (secondary N) is 1. The monoisotopic (exact) mass is 382 g/mol. The Kier molecular flexibility index (Phi) is 8.40. The maximum absolute atomic E-state index is 12.0. The van der Waals surface area contributed by atoms with Crippen LogP contribution in [0.3, 0.4) is 0 Å². The molecule has 1 amide bonds. The third-order valence-corrected chi connectivity index (χ3v) is 4.14. The van der Waals surface area contributed by atoms with Crippen LogP contribution in [0.1, 0.15) is 25.8 Å². The first-order valence-corrected chi connectivity index (χ1v) is 9.56. The van der Waals surface area contributed by atoms with Crippen LogP contribution in [0.4, 0.5) is 5.69 Å². The van der Waals surface area contributed by atoms with Crippen molar-refractivity contribution in [1.29, 1.82) is 0 Å². The largest absolute Gasteiger partial charge is 0.493 e. The van der Waals surface area contributed by atoms with Gasteiger partial charge in [-0.3, -0.25) is 4.79 Å². The summed E-state index contributed by atoms with van der Waals surface area (Å²) in [5.74, 6) is 1.24. The lowest BCUT2D eigenvalue weighted by atomic mass is 10.2. The third-order valence-electron chi connectivity index (χ3n) is 4.14. The molecule has 0 saturated carbocycles. The van der Waals surface area contributed by atoms with Crippen LogP contribution in [0, 0.1) is 0 Å². The predicted octanol–water partition coefficient (Wildman–Crippen LogP) is 4.14. The van der Waals surface area contributed by atoms with Crippen molar-refractivity contribution in [2.75, 3.05) is 32.1 Å². The van der Waals surface area contributed by atoms with E-state index in [9.17, 15) is 4.79 Å². The summed E-state index contributed by atoms with van der Waals surface area (Å²) in [5.41, 5.74) is 2.06. The fourth-order valence-corrected chi connectivity index (χ4v) is 2.71. The predicted molar refractivity (Wildman–Crippen MR) is 115 cm³/mol. The molecule has 1 N–H and O–H groups in total. The summed E-state index contributed by atoms with van der Waals surface area (Å²) in [7, 11) is 3.66. The molecule has 0 radical (unpaired) electrons. The number of nitrogens with zero attached hydrogens (tertiary/aromatic N) is 1. The Labute approximate surface area is 168 Å². The molecule has 0 atom stereocenters. The van der Waals surface area contributed by atoms with Gasteiger partial charge in [0.2, 0.25) is 5.91 Å². The zero-order valence-electron chi connectivity index (χ0n) is 17.1. The number of amides is 1. The number of para-hydroxylation sites is 1. The SMILES string of the molecule is COc1cc(/C=C/C(=O)NCCCN(C)c2ccccc2)ccc1OC(C)C. The fraction of sp³-hybridized carbons (Fsp3) is 0.348. The van der Waals surface area contributed by atoms with Crippen molar-refractivity contribution >= 4 is 17.7 Å². The van der Waals surface area contributed by atoms with Gasteiger partial charge >= 0.3 is 0 Å². The molecule has 28 heavy (non-hydrogen) atoms. The lowest BCUT2D eigenvalue weighted by Crippen LogP contribution is -2.26. The Balaban J connectivity index is 1.78. The molecule has 150 valence electrons. The second kappa shape index (κ2) is 11.0. The van der Waals surface area contributed by atoms with E-state index < -0.39 is 0 Å². The van der Waals surface area contributed by atoms with Crippen LogP contribution in [0.2, 0.25) is 0 Å². The minimum absolute atomic E-state index is 0.0713. The molecular formula is C23H30N2O3. The minimum Gasteiger partial charge on any atom is -0.493 e. The average Bonchev–Trinajstić information content (AvgIpc) is 2.70. The van der Waals surface area contributed by atoms with Crippen LogP contribution in [0.25, 0.3) is 6.08 Å². The molecule has 0 fully saturated rings. The van der Waals surface area contributed by atoms with Gasteiger partial charge < -0.3 is 19.7 Å². The highest BCUT2D eigenvalue weighted by Crippen LogP contribution is 2.29. The number of hydrogen-bond donors (Lipinski definition) is 1. The summed E-state index contributed by atoms with van der Waals surface area (Å²) in [6, 6.07) is 15.8. The van der Waals surface area contributed by atoms with Gasteiger partial charge in [0.15, 0.2) is 11.5 Å². The number of hydrogen-bond acceptors (Lipinski definition) is 4. The van der Waals surface area contributed by atoms with Crippen LogP contribution in [-0.2, 0) is 4.79 Å². The second-order valence-electron chi connectivity index (χ2n) is 6.81. The van der Waals surface area contributed by atoms with E-state index in [1.807, 2.05) is 50.2 Å². The molecule has 2 rings (SSSR count). The van der Waals surface area contributed by atoms with Gasteiger partial charge in [-0.1, -0.05) is 24.3 Å². The van der Waals surface area contributed by atoms with Crippen molar-refractivity contribution in [2.24, 2.45) is 0 Å². The highest BCUT2D eigenvalue weighted by atomic mass is 16.5. The standard InChI is InChI=1S/C23H30N2O3/c1-18(2)28-21-13-11-19(17-22(21)27-4)12-14-23(26)24-15-8-16-25(3)20-9-6-5-7-10-20/h5-7,9-14,17-18H,8,15-16H2,1-4H3,(H,24,26)/b14-12+. The van der Waals surface area contributed by atoms with Crippen LogP contribution in [-0.4, -0.2) is 39.3 Å². The van der Waals surface area contributed by atoms with Gasteiger partial charge in [0.25, 0.3) is 0 Å². The molecule has 0 bridgehead atoms. The molecule has 0 aliphatic carbocycles. The number of carbonyl (C=O) groups is 1.